The smallest absolute Gasteiger partial charge is 0.262 e. The van der Waals surface area contributed by atoms with Crippen molar-refractivity contribution < 1.29 is 22.7 Å². The van der Waals surface area contributed by atoms with E-state index in [0.717, 1.165) is 0 Å². The molecule has 8 nitrogen and oxygen atoms in total. The summed E-state index contributed by atoms with van der Waals surface area (Å²) in [5, 5.41) is 2.72. The maximum absolute atomic E-state index is 12.8. The molecule has 9 heteroatoms. The predicted molar refractivity (Wildman–Crippen MR) is 101 cm³/mol. The number of amides is 1. The Kier molecular flexibility index (Phi) is 5.82. The molecule has 0 radical (unpaired) electrons. The monoisotopic (exact) mass is 391 g/mol. The largest absolute Gasteiger partial charge is 0.486 e. The summed E-state index contributed by atoms with van der Waals surface area (Å²) in [4.78, 5) is 12.3. The van der Waals surface area contributed by atoms with Crippen LogP contribution in [0.2, 0.25) is 0 Å². The third kappa shape index (κ3) is 4.50. The van der Waals surface area contributed by atoms with E-state index in [0.29, 0.717) is 44.2 Å². The molecule has 0 fully saturated rings. The molecule has 2 aromatic carbocycles. The van der Waals surface area contributed by atoms with E-state index in [1.54, 1.807) is 24.3 Å². The van der Waals surface area contributed by atoms with Crippen LogP contribution in [0.5, 0.6) is 11.5 Å². The van der Waals surface area contributed by atoms with E-state index >= 15 is 0 Å². The number of nitrogens with two attached hydrogens (primary N) is 1. The number of fused-ring (bicyclic) bond motifs is 1. The minimum atomic E-state index is -3.91. The van der Waals surface area contributed by atoms with E-state index in [9.17, 15) is 13.2 Å². The molecule has 0 saturated carbocycles. The van der Waals surface area contributed by atoms with Crippen LogP contribution in [0.15, 0.2) is 47.4 Å². The Morgan fingerprint density at radius 2 is 1.81 bits per heavy atom. The zero-order valence-corrected chi connectivity index (χ0v) is 15.4. The topological polar surface area (TPSA) is 120 Å². The molecule has 0 aliphatic carbocycles. The van der Waals surface area contributed by atoms with Gasteiger partial charge >= 0.3 is 0 Å². The molecule has 2 aromatic rings. The van der Waals surface area contributed by atoms with Crippen molar-refractivity contribution in [1.82, 2.24) is 5.32 Å². The lowest BCUT2D eigenvalue weighted by Crippen LogP contribution is -2.27. The Morgan fingerprint density at radius 3 is 2.59 bits per heavy atom. The Labute approximate surface area is 157 Å². The van der Waals surface area contributed by atoms with Crippen LogP contribution in [0.25, 0.3) is 0 Å². The van der Waals surface area contributed by atoms with Gasteiger partial charge < -0.3 is 20.5 Å². The van der Waals surface area contributed by atoms with Crippen LogP contribution in [0.4, 0.5) is 5.69 Å². The maximum Gasteiger partial charge on any atom is 0.262 e. The third-order valence-electron chi connectivity index (χ3n) is 3.91. The van der Waals surface area contributed by atoms with Crippen molar-refractivity contribution in [2.75, 3.05) is 31.0 Å². The fraction of sp³-hybridized carbons (Fsp3) is 0.278. The Balaban J connectivity index is 1.83. The van der Waals surface area contributed by atoms with Gasteiger partial charge in [-0.2, -0.15) is 0 Å². The second kappa shape index (κ2) is 8.28. The number of hydrogen-bond donors (Lipinski definition) is 3. The molecule has 1 heterocycles. The average molecular weight is 391 g/mol. The molecule has 144 valence electrons. The number of ether oxygens (including phenoxy) is 2. The summed E-state index contributed by atoms with van der Waals surface area (Å²) in [5.74, 6) is 0.501. The van der Waals surface area contributed by atoms with Crippen LogP contribution >= 0.6 is 0 Å². The number of sulfonamides is 1. The molecule has 0 saturated heterocycles. The molecule has 0 unspecified atom stereocenters. The van der Waals surface area contributed by atoms with Crippen LogP contribution in [0, 0.1) is 0 Å². The molecule has 0 atom stereocenters. The molecular formula is C18H21N3O5S. The Bertz CT molecular complexity index is 930. The predicted octanol–water partition coefficient (Wildman–Crippen LogP) is 1.34. The quantitative estimate of drug-likeness (QED) is 0.613. The lowest BCUT2D eigenvalue weighted by atomic mass is 10.1. The summed E-state index contributed by atoms with van der Waals surface area (Å²) >= 11 is 0. The van der Waals surface area contributed by atoms with Gasteiger partial charge in [0.15, 0.2) is 11.5 Å². The van der Waals surface area contributed by atoms with Gasteiger partial charge in [0, 0.05) is 12.6 Å². The van der Waals surface area contributed by atoms with E-state index in [4.69, 9.17) is 15.2 Å². The fourth-order valence-electron chi connectivity index (χ4n) is 2.56. The van der Waals surface area contributed by atoms with Crippen LogP contribution in [-0.4, -0.2) is 40.6 Å². The number of carbonyl (C=O) groups excluding carboxylic acids is 1. The number of para-hydroxylation sites is 1. The Hall–Kier alpha value is -2.78. The van der Waals surface area contributed by atoms with Crippen molar-refractivity contribution in [3.8, 4) is 11.5 Å². The third-order valence-corrected chi connectivity index (χ3v) is 5.27. The van der Waals surface area contributed by atoms with E-state index < -0.39 is 10.0 Å². The molecule has 0 aromatic heterocycles. The lowest BCUT2D eigenvalue weighted by Gasteiger charge is -2.19. The zero-order chi connectivity index (χ0) is 19.3. The van der Waals surface area contributed by atoms with Crippen molar-refractivity contribution in [2.24, 2.45) is 5.73 Å². The standard InChI is InChI=1S/C18H21N3O5S/c19-8-3-9-20-18(22)14-4-1-2-5-15(14)21-27(23,24)13-6-7-16-17(12-13)26-11-10-25-16/h1-2,4-7,12,21H,3,8-11,19H2,(H,20,22). The molecule has 0 bridgehead atoms. The normalized spacial score (nSPS) is 13.1. The molecule has 0 spiro atoms. The van der Waals surface area contributed by atoms with Gasteiger partial charge in [-0.15, -0.1) is 0 Å². The molecule has 4 N–H and O–H groups in total. The van der Waals surface area contributed by atoms with Crippen molar-refractivity contribution in [3.05, 3.63) is 48.0 Å². The van der Waals surface area contributed by atoms with E-state index in [1.807, 2.05) is 0 Å². The lowest BCUT2D eigenvalue weighted by molar-refractivity contribution is 0.0954. The van der Waals surface area contributed by atoms with Gasteiger partial charge in [-0.05, 0) is 37.2 Å². The molecule has 27 heavy (non-hydrogen) atoms. The van der Waals surface area contributed by atoms with Gasteiger partial charge in [0.1, 0.15) is 13.2 Å². The maximum atomic E-state index is 12.8. The van der Waals surface area contributed by atoms with Gasteiger partial charge in [-0.1, -0.05) is 12.1 Å². The number of rotatable bonds is 7. The van der Waals surface area contributed by atoms with E-state index in [-0.39, 0.29) is 22.1 Å². The van der Waals surface area contributed by atoms with Gasteiger partial charge in [0.2, 0.25) is 0 Å². The first-order valence-electron chi connectivity index (χ1n) is 8.51. The first kappa shape index (κ1) is 19.0. The van der Waals surface area contributed by atoms with Gasteiger partial charge in [-0.3, -0.25) is 9.52 Å². The Morgan fingerprint density at radius 1 is 1.07 bits per heavy atom. The number of carbonyl (C=O) groups is 1. The van der Waals surface area contributed by atoms with E-state index in [2.05, 4.69) is 10.0 Å². The second-order valence-electron chi connectivity index (χ2n) is 5.85. The van der Waals surface area contributed by atoms with Crippen molar-refractivity contribution >= 4 is 21.6 Å². The average Bonchev–Trinajstić information content (AvgIpc) is 2.68. The van der Waals surface area contributed by atoms with Crippen molar-refractivity contribution in [1.29, 1.82) is 0 Å². The number of hydrogen-bond acceptors (Lipinski definition) is 6. The highest BCUT2D eigenvalue weighted by Crippen LogP contribution is 2.33. The number of anilines is 1. The molecule has 1 amide bonds. The van der Waals surface area contributed by atoms with Gasteiger partial charge in [-0.25, -0.2) is 8.42 Å². The van der Waals surface area contributed by atoms with Crippen LogP contribution < -0.4 is 25.2 Å². The summed E-state index contributed by atoms with van der Waals surface area (Å²) in [7, 11) is -3.91. The highest BCUT2D eigenvalue weighted by atomic mass is 32.2. The zero-order valence-electron chi connectivity index (χ0n) is 14.6. The van der Waals surface area contributed by atoms with Gasteiger partial charge in [0.05, 0.1) is 16.1 Å². The summed E-state index contributed by atoms with van der Waals surface area (Å²) < 4.78 is 38.8. The van der Waals surface area contributed by atoms with Crippen LogP contribution in [0.3, 0.4) is 0 Å². The SMILES string of the molecule is NCCCNC(=O)c1ccccc1NS(=O)(=O)c1ccc2c(c1)OCCO2. The van der Waals surface area contributed by atoms with Gasteiger partial charge in [0.25, 0.3) is 15.9 Å². The number of nitrogens with one attached hydrogen (secondary N) is 2. The summed E-state index contributed by atoms with van der Waals surface area (Å²) in [6.45, 7) is 1.65. The minimum Gasteiger partial charge on any atom is -0.486 e. The highest BCUT2D eigenvalue weighted by molar-refractivity contribution is 7.92. The molecule has 1 aliphatic rings. The summed E-state index contributed by atoms with van der Waals surface area (Å²) in [6, 6.07) is 10.8. The summed E-state index contributed by atoms with van der Waals surface area (Å²) in [6.07, 6.45) is 0.636. The van der Waals surface area contributed by atoms with Crippen molar-refractivity contribution in [2.45, 2.75) is 11.3 Å². The first-order chi connectivity index (χ1) is 13.0. The number of benzene rings is 2. The summed E-state index contributed by atoms with van der Waals surface area (Å²) in [5.41, 5.74) is 5.84. The fourth-order valence-corrected chi connectivity index (χ4v) is 3.66. The minimum absolute atomic E-state index is 0.0186. The second-order valence-corrected chi connectivity index (χ2v) is 7.54. The van der Waals surface area contributed by atoms with E-state index in [1.165, 1.54) is 18.2 Å². The molecule has 3 rings (SSSR count). The van der Waals surface area contributed by atoms with Crippen molar-refractivity contribution in [3.63, 3.8) is 0 Å². The first-order valence-corrected chi connectivity index (χ1v) is 9.99. The molecule has 1 aliphatic heterocycles. The molecular weight excluding hydrogens is 370 g/mol. The van der Waals surface area contributed by atoms with Crippen LogP contribution in [0.1, 0.15) is 16.8 Å². The van der Waals surface area contributed by atoms with Crippen LogP contribution in [-0.2, 0) is 10.0 Å². The highest BCUT2D eigenvalue weighted by Gasteiger charge is 2.21.